The molecule has 0 spiro atoms. The molecule has 1 aliphatic rings. The molecule has 1 aromatic rings. The lowest BCUT2D eigenvalue weighted by Gasteiger charge is -2.32. The number of hydrogen-bond acceptors (Lipinski definition) is 3. The fourth-order valence-corrected chi connectivity index (χ4v) is 2.88. The highest BCUT2D eigenvalue weighted by Gasteiger charge is 2.22. The van der Waals surface area contributed by atoms with Crippen LogP contribution >= 0.6 is 0 Å². The largest absolute Gasteiger partial charge is 0.352 e. The molecule has 4 nitrogen and oxygen atoms in total. The van der Waals surface area contributed by atoms with Gasteiger partial charge >= 0.3 is 0 Å². The van der Waals surface area contributed by atoms with Crippen LogP contribution in [0.1, 0.15) is 38.2 Å². The van der Waals surface area contributed by atoms with Crippen LogP contribution in [0.5, 0.6) is 0 Å². The minimum Gasteiger partial charge on any atom is -0.352 e. The maximum atomic E-state index is 13.2. The van der Waals surface area contributed by atoms with Gasteiger partial charge in [-0.15, -0.1) is 0 Å². The summed E-state index contributed by atoms with van der Waals surface area (Å²) in [6, 6.07) is 3.72. The Hall–Kier alpha value is -1.53. The van der Waals surface area contributed by atoms with Gasteiger partial charge in [-0.25, -0.2) is 8.78 Å². The second-order valence-electron chi connectivity index (χ2n) is 6.20. The third kappa shape index (κ3) is 5.25. The van der Waals surface area contributed by atoms with Gasteiger partial charge in [0.05, 0.1) is 6.04 Å². The lowest BCUT2D eigenvalue weighted by molar-refractivity contribution is -0.123. The lowest BCUT2D eigenvalue weighted by Crippen LogP contribution is -2.49. The Kier molecular flexibility index (Phi) is 6.47. The molecule has 0 saturated carbocycles. The quantitative estimate of drug-likeness (QED) is 0.843. The molecule has 128 valence electrons. The molecule has 23 heavy (non-hydrogen) atoms. The monoisotopic (exact) mass is 325 g/mol. The van der Waals surface area contributed by atoms with E-state index in [1.54, 1.807) is 6.07 Å². The highest BCUT2D eigenvalue weighted by Crippen LogP contribution is 2.16. The maximum absolute atomic E-state index is 13.2. The van der Waals surface area contributed by atoms with Crippen LogP contribution in [0.3, 0.4) is 0 Å². The van der Waals surface area contributed by atoms with Crippen molar-refractivity contribution in [3.05, 3.63) is 35.4 Å². The zero-order valence-corrected chi connectivity index (χ0v) is 13.5. The van der Waals surface area contributed by atoms with E-state index in [1.807, 2.05) is 6.92 Å². The van der Waals surface area contributed by atoms with E-state index in [2.05, 4.69) is 10.2 Å². The van der Waals surface area contributed by atoms with Gasteiger partial charge in [0.15, 0.2) is 11.6 Å². The first-order chi connectivity index (χ1) is 11.0. The smallest absolute Gasteiger partial charge is 0.237 e. The second-order valence-corrected chi connectivity index (χ2v) is 6.20. The van der Waals surface area contributed by atoms with Crippen molar-refractivity contribution in [3.63, 3.8) is 0 Å². The Balaban J connectivity index is 1.77. The van der Waals surface area contributed by atoms with Gasteiger partial charge in [-0.05, 0) is 37.0 Å². The van der Waals surface area contributed by atoms with E-state index in [9.17, 15) is 13.6 Å². The molecule has 6 heteroatoms. The highest BCUT2D eigenvalue weighted by molar-refractivity contribution is 5.81. The van der Waals surface area contributed by atoms with Gasteiger partial charge < -0.3 is 11.1 Å². The number of carbonyl (C=O) groups excluding carboxylic acids is 1. The number of carbonyl (C=O) groups is 1. The number of hydrogen-bond donors (Lipinski definition) is 2. The number of nitrogens with two attached hydrogens (primary N) is 1. The molecule has 1 unspecified atom stereocenters. The molecule has 0 aromatic heterocycles. The zero-order valence-electron chi connectivity index (χ0n) is 13.5. The van der Waals surface area contributed by atoms with Crippen LogP contribution in [0.15, 0.2) is 18.2 Å². The zero-order chi connectivity index (χ0) is 16.8. The van der Waals surface area contributed by atoms with Crippen LogP contribution < -0.4 is 11.1 Å². The van der Waals surface area contributed by atoms with Crippen LogP contribution in [0.4, 0.5) is 8.78 Å². The van der Waals surface area contributed by atoms with Gasteiger partial charge in [-0.2, -0.15) is 0 Å². The summed E-state index contributed by atoms with van der Waals surface area (Å²) in [6.45, 7) is 4.22. The first kappa shape index (κ1) is 17.8. The first-order valence-corrected chi connectivity index (χ1v) is 8.21. The third-order valence-corrected chi connectivity index (χ3v) is 4.26. The highest BCUT2D eigenvalue weighted by atomic mass is 19.2. The molecular weight excluding hydrogens is 300 g/mol. The molecule has 2 rings (SSSR count). The van der Waals surface area contributed by atoms with Gasteiger partial charge in [0.1, 0.15) is 0 Å². The van der Waals surface area contributed by atoms with Gasteiger partial charge in [0.25, 0.3) is 0 Å². The molecule has 1 saturated heterocycles. The van der Waals surface area contributed by atoms with E-state index in [0.717, 1.165) is 44.0 Å². The molecular formula is C17H25F2N3O. The van der Waals surface area contributed by atoms with Crippen LogP contribution in [0.25, 0.3) is 0 Å². The van der Waals surface area contributed by atoms with Crippen LogP contribution in [-0.4, -0.2) is 36.0 Å². The standard InChI is InChI=1S/C17H25F2N3O/c1-2-3-16(20)17(23)21-13-6-8-22(9-7-13)11-12-4-5-14(18)15(19)10-12/h4-5,10,13,16H,2-3,6-9,11,20H2,1H3,(H,21,23). The molecule has 1 aromatic carbocycles. The summed E-state index contributed by atoms with van der Waals surface area (Å²) in [5.41, 5.74) is 6.57. The van der Waals surface area contributed by atoms with Crippen LogP contribution in [-0.2, 0) is 11.3 Å². The number of benzene rings is 1. The van der Waals surface area contributed by atoms with Crippen molar-refractivity contribution in [2.24, 2.45) is 5.73 Å². The van der Waals surface area contributed by atoms with Crippen molar-refractivity contribution < 1.29 is 13.6 Å². The topological polar surface area (TPSA) is 58.4 Å². The molecule has 1 aliphatic heterocycles. The first-order valence-electron chi connectivity index (χ1n) is 8.21. The fraction of sp³-hybridized carbons (Fsp3) is 0.588. The fourth-order valence-electron chi connectivity index (χ4n) is 2.88. The van der Waals surface area contributed by atoms with E-state index in [-0.39, 0.29) is 11.9 Å². The van der Waals surface area contributed by atoms with Gasteiger partial charge in [0.2, 0.25) is 5.91 Å². The third-order valence-electron chi connectivity index (χ3n) is 4.26. The average molecular weight is 325 g/mol. The van der Waals surface area contributed by atoms with Crippen molar-refractivity contribution in [1.82, 2.24) is 10.2 Å². The number of halogens is 2. The van der Waals surface area contributed by atoms with Crippen molar-refractivity contribution in [2.75, 3.05) is 13.1 Å². The molecule has 1 heterocycles. The van der Waals surface area contributed by atoms with Crippen molar-refractivity contribution in [3.8, 4) is 0 Å². The summed E-state index contributed by atoms with van der Waals surface area (Å²) < 4.78 is 26.2. The molecule has 0 aliphatic carbocycles. The Morgan fingerprint density at radius 2 is 2.04 bits per heavy atom. The summed E-state index contributed by atoms with van der Waals surface area (Å²) in [4.78, 5) is 14.1. The second kappa shape index (κ2) is 8.36. The summed E-state index contributed by atoms with van der Waals surface area (Å²) in [6.07, 6.45) is 3.27. The number of likely N-dealkylation sites (tertiary alicyclic amines) is 1. The molecule has 0 bridgehead atoms. The minimum absolute atomic E-state index is 0.0779. The predicted molar refractivity (Wildman–Crippen MR) is 85.7 cm³/mol. The number of rotatable bonds is 6. The summed E-state index contributed by atoms with van der Waals surface area (Å²) >= 11 is 0. The number of nitrogens with one attached hydrogen (secondary N) is 1. The average Bonchev–Trinajstić information content (AvgIpc) is 2.53. The molecule has 1 atom stereocenters. The normalized spacial score (nSPS) is 17.9. The SMILES string of the molecule is CCCC(N)C(=O)NC1CCN(Cc2ccc(F)c(F)c2)CC1. The number of nitrogens with zero attached hydrogens (tertiary/aromatic N) is 1. The molecule has 1 amide bonds. The van der Waals surface area contributed by atoms with Crippen LogP contribution in [0.2, 0.25) is 0 Å². The molecule has 1 fully saturated rings. The summed E-state index contributed by atoms with van der Waals surface area (Å²) in [7, 11) is 0. The Bertz CT molecular complexity index is 531. The van der Waals surface area contributed by atoms with E-state index < -0.39 is 17.7 Å². The Morgan fingerprint density at radius 3 is 2.65 bits per heavy atom. The molecule has 3 N–H and O–H groups in total. The van der Waals surface area contributed by atoms with Crippen molar-refractivity contribution in [2.45, 2.75) is 51.2 Å². The van der Waals surface area contributed by atoms with E-state index in [0.29, 0.717) is 13.0 Å². The van der Waals surface area contributed by atoms with E-state index >= 15 is 0 Å². The van der Waals surface area contributed by atoms with Gasteiger partial charge in [-0.1, -0.05) is 19.4 Å². The number of piperidine rings is 1. The predicted octanol–water partition coefficient (Wildman–Crippen LogP) is 2.17. The van der Waals surface area contributed by atoms with E-state index in [1.165, 1.54) is 6.07 Å². The Morgan fingerprint density at radius 1 is 1.35 bits per heavy atom. The number of amides is 1. The lowest BCUT2D eigenvalue weighted by atomic mass is 10.0. The summed E-state index contributed by atoms with van der Waals surface area (Å²) in [5.74, 6) is -1.71. The minimum atomic E-state index is -0.821. The van der Waals surface area contributed by atoms with Gasteiger partial charge in [-0.3, -0.25) is 9.69 Å². The Labute approximate surface area is 136 Å². The van der Waals surface area contributed by atoms with Crippen molar-refractivity contribution >= 4 is 5.91 Å². The van der Waals surface area contributed by atoms with Crippen LogP contribution in [0, 0.1) is 11.6 Å². The summed E-state index contributed by atoms with van der Waals surface area (Å²) in [5, 5.41) is 3.00. The maximum Gasteiger partial charge on any atom is 0.237 e. The molecule has 0 radical (unpaired) electrons. The van der Waals surface area contributed by atoms with Crippen molar-refractivity contribution in [1.29, 1.82) is 0 Å². The van der Waals surface area contributed by atoms with E-state index in [4.69, 9.17) is 5.73 Å². The van der Waals surface area contributed by atoms with Gasteiger partial charge in [0, 0.05) is 25.7 Å².